The maximum absolute atomic E-state index is 5.69. The van der Waals surface area contributed by atoms with Crippen molar-refractivity contribution in [3.63, 3.8) is 0 Å². The predicted molar refractivity (Wildman–Crippen MR) is 116 cm³/mol. The zero-order valence-corrected chi connectivity index (χ0v) is 18.4. The predicted octanol–water partition coefficient (Wildman–Crippen LogP) is 4.06. The lowest BCUT2D eigenvalue weighted by atomic mass is 9.70. The van der Waals surface area contributed by atoms with Crippen molar-refractivity contribution < 1.29 is 14.2 Å². The van der Waals surface area contributed by atoms with E-state index in [9.17, 15) is 0 Å². The van der Waals surface area contributed by atoms with Crippen LogP contribution in [0, 0.1) is 16.7 Å². The SMILES string of the molecule is COc1ccc(/C=C2/C(=N\NSCN)C3(C)CCC2C3(C)C)c(OC)c1OC. The van der Waals surface area contributed by atoms with E-state index in [2.05, 4.69) is 31.7 Å². The van der Waals surface area contributed by atoms with Crippen LogP contribution in [0.15, 0.2) is 22.8 Å². The molecule has 2 aliphatic rings. The number of hydrogen-bond acceptors (Lipinski definition) is 7. The van der Waals surface area contributed by atoms with Crippen molar-refractivity contribution in [3.8, 4) is 17.2 Å². The van der Waals surface area contributed by atoms with Gasteiger partial charge >= 0.3 is 0 Å². The zero-order valence-electron chi connectivity index (χ0n) is 17.6. The van der Waals surface area contributed by atoms with Gasteiger partial charge in [0.05, 0.1) is 32.9 Å². The van der Waals surface area contributed by atoms with Crippen LogP contribution >= 0.6 is 11.9 Å². The quantitative estimate of drug-likeness (QED) is 0.308. The first-order valence-corrected chi connectivity index (χ1v) is 10.5. The number of fused-ring (bicyclic) bond motifs is 2. The van der Waals surface area contributed by atoms with Crippen molar-refractivity contribution >= 4 is 23.7 Å². The summed E-state index contributed by atoms with van der Waals surface area (Å²) in [5.41, 5.74) is 9.10. The van der Waals surface area contributed by atoms with Gasteiger partial charge in [-0.2, -0.15) is 5.10 Å². The molecule has 2 bridgehead atoms. The van der Waals surface area contributed by atoms with E-state index in [0.29, 0.717) is 29.0 Å². The molecule has 7 heteroatoms. The van der Waals surface area contributed by atoms with Crippen molar-refractivity contribution in [3.05, 3.63) is 23.3 Å². The Morgan fingerprint density at radius 1 is 1.18 bits per heavy atom. The van der Waals surface area contributed by atoms with E-state index < -0.39 is 0 Å². The molecule has 0 heterocycles. The third-order valence-electron chi connectivity index (χ3n) is 6.75. The highest BCUT2D eigenvalue weighted by Gasteiger charge is 2.62. The normalized spacial score (nSPS) is 28.0. The number of nitrogens with zero attached hydrogens (tertiary/aromatic N) is 1. The highest BCUT2D eigenvalue weighted by atomic mass is 32.2. The van der Waals surface area contributed by atoms with E-state index in [4.69, 9.17) is 25.0 Å². The lowest BCUT2D eigenvalue weighted by molar-refractivity contribution is 0.202. The van der Waals surface area contributed by atoms with Crippen molar-refractivity contribution in [2.24, 2.45) is 27.6 Å². The Morgan fingerprint density at radius 3 is 2.50 bits per heavy atom. The van der Waals surface area contributed by atoms with Crippen LogP contribution in [0.5, 0.6) is 17.2 Å². The van der Waals surface area contributed by atoms with Crippen LogP contribution in [0.2, 0.25) is 0 Å². The molecular weight excluding hydrogens is 374 g/mol. The maximum Gasteiger partial charge on any atom is 0.203 e. The third kappa shape index (κ3) is 3.05. The summed E-state index contributed by atoms with van der Waals surface area (Å²) >= 11 is 1.40. The van der Waals surface area contributed by atoms with E-state index in [0.717, 1.165) is 24.1 Å². The second-order valence-electron chi connectivity index (χ2n) is 8.03. The second-order valence-corrected chi connectivity index (χ2v) is 8.84. The molecule has 6 nitrogen and oxygen atoms in total. The Kier molecular flexibility index (Phi) is 5.87. The fourth-order valence-corrected chi connectivity index (χ4v) is 5.06. The minimum Gasteiger partial charge on any atom is -0.493 e. The van der Waals surface area contributed by atoms with Crippen LogP contribution in [0.1, 0.15) is 39.2 Å². The van der Waals surface area contributed by atoms with Gasteiger partial charge in [0.25, 0.3) is 0 Å². The molecule has 1 aromatic rings. The van der Waals surface area contributed by atoms with E-state index in [1.54, 1.807) is 21.3 Å². The Morgan fingerprint density at radius 2 is 1.89 bits per heavy atom. The Balaban J connectivity index is 2.13. The minimum atomic E-state index is 0.0233. The van der Waals surface area contributed by atoms with Crippen molar-refractivity contribution in [1.29, 1.82) is 0 Å². The van der Waals surface area contributed by atoms with Gasteiger partial charge in [-0.15, -0.1) is 0 Å². The van der Waals surface area contributed by atoms with Crippen LogP contribution in [0.25, 0.3) is 6.08 Å². The molecule has 3 rings (SSSR count). The van der Waals surface area contributed by atoms with E-state index >= 15 is 0 Å². The molecule has 3 N–H and O–H groups in total. The number of hydrazone groups is 1. The van der Waals surface area contributed by atoms with Crippen LogP contribution in [-0.4, -0.2) is 32.9 Å². The number of nitrogens with one attached hydrogen (secondary N) is 1. The molecule has 2 saturated carbocycles. The van der Waals surface area contributed by atoms with Gasteiger partial charge in [0.1, 0.15) is 0 Å². The molecule has 0 saturated heterocycles. The largest absolute Gasteiger partial charge is 0.493 e. The van der Waals surface area contributed by atoms with Crippen LogP contribution < -0.4 is 24.8 Å². The smallest absolute Gasteiger partial charge is 0.203 e. The summed E-state index contributed by atoms with van der Waals surface area (Å²) in [5, 5.41) is 4.76. The summed E-state index contributed by atoms with van der Waals surface area (Å²) in [5.74, 6) is 2.84. The Hall–Kier alpha value is -1.86. The lowest BCUT2D eigenvalue weighted by Gasteiger charge is -2.33. The number of methoxy groups -OCH3 is 3. The van der Waals surface area contributed by atoms with Gasteiger partial charge < -0.3 is 19.9 Å². The summed E-state index contributed by atoms with van der Waals surface area (Å²) in [7, 11) is 4.90. The van der Waals surface area contributed by atoms with Gasteiger partial charge in [0.2, 0.25) is 5.75 Å². The first-order valence-electron chi connectivity index (χ1n) is 9.51. The van der Waals surface area contributed by atoms with Crippen molar-refractivity contribution in [2.45, 2.75) is 33.6 Å². The summed E-state index contributed by atoms with van der Waals surface area (Å²) in [6.45, 7) is 7.03. The number of benzene rings is 1. The first kappa shape index (κ1) is 20.9. The average molecular weight is 406 g/mol. The molecule has 28 heavy (non-hydrogen) atoms. The summed E-state index contributed by atoms with van der Waals surface area (Å²) in [6, 6.07) is 3.92. The molecular formula is C21H31N3O3S. The average Bonchev–Trinajstić information content (AvgIpc) is 3.00. The van der Waals surface area contributed by atoms with E-state index in [1.807, 2.05) is 12.1 Å². The zero-order chi connectivity index (χ0) is 20.5. The number of rotatable bonds is 7. The first-order chi connectivity index (χ1) is 13.4. The standard InChI is InChI=1S/C21H31N3O3S/c1-20(2)15-9-10-21(20,3)19(23-24-28-12-22)14(15)11-13-7-8-16(25-4)18(27-6)17(13)26-5/h7-8,11,15,24H,9-10,12,22H2,1-6H3/b14-11+,23-19+. The number of nitrogens with two attached hydrogens (primary N) is 1. The van der Waals surface area contributed by atoms with Crippen LogP contribution in [-0.2, 0) is 0 Å². The molecule has 2 fully saturated rings. The molecule has 0 radical (unpaired) electrons. The molecule has 2 unspecified atom stereocenters. The maximum atomic E-state index is 5.69. The van der Waals surface area contributed by atoms with Crippen LogP contribution in [0.3, 0.4) is 0 Å². The van der Waals surface area contributed by atoms with Gasteiger partial charge in [-0.1, -0.05) is 20.8 Å². The molecule has 0 spiro atoms. The van der Waals surface area contributed by atoms with Crippen molar-refractivity contribution in [1.82, 2.24) is 4.83 Å². The highest BCUT2D eigenvalue weighted by Crippen LogP contribution is 2.66. The summed E-state index contributed by atoms with van der Waals surface area (Å²) in [4.78, 5) is 3.07. The molecule has 0 aliphatic heterocycles. The van der Waals surface area contributed by atoms with E-state index in [1.165, 1.54) is 17.5 Å². The molecule has 1 aromatic carbocycles. The topological polar surface area (TPSA) is 78.1 Å². The van der Waals surface area contributed by atoms with Crippen molar-refractivity contribution in [2.75, 3.05) is 27.2 Å². The summed E-state index contributed by atoms with van der Waals surface area (Å²) < 4.78 is 16.7. The minimum absolute atomic E-state index is 0.0233. The third-order valence-corrected chi connectivity index (χ3v) is 7.14. The Labute approximate surface area is 172 Å². The fraction of sp³-hybridized carbons (Fsp3) is 0.571. The molecule has 154 valence electrons. The van der Waals surface area contributed by atoms with Gasteiger partial charge in [-0.25, -0.2) is 0 Å². The van der Waals surface area contributed by atoms with Gasteiger partial charge in [-0.3, -0.25) is 4.83 Å². The molecule has 0 amide bonds. The van der Waals surface area contributed by atoms with E-state index in [-0.39, 0.29) is 10.8 Å². The van der Waals surface area contributed by atoms with Crippen LogP contribution in [0.4, 0.5) is 0 Å². The number of hydrogen-bond donors (Lipinski definition) is 2. The van der Waals surface area contributed by atoms with Gasteiger partial charge in [-0.05, 0) is 59.9 Å². The monoisotopic (exact) mass is 405 g/mol. The van der Waals surface area contributed by atoms with Gasteiger partial charge in [0.15, 0.2) is 11.5 Å². The fourth-order valence-electron chi connectivity index (χ4n) is 4.83. The van der Waals surface area contributed by atoms with Gasteiger partial charge in [0, 0.05) is 11.0 Å². The molecule has 2 aliphatic carbocycles. The Bertz CT molecular complexity index is 806. The molecule has 2 atom stereocenters. The lowest BCUT2D eigenvalue weighted by Crippen LogP contribution is -2.33. The number of ether oxygens (including phenoxy) is 3. The highest BCUT2D eigenvalue weighted by molar-refractivity contribution is 7.97. The second kappa shape index (κ2) is 7.87. The summed E-state index contributed by atoms with van der Waals surface area (Å²) in [6.07, 6.45) is 4.50. The number of allylic oxidation sites excluding steroid dienone is 1. The molecule has 0 aromatic heterocycles.